The molecule has 0 aliphatic carbocycles. The van der Waals surface area contributed by atoms with Crippen LogP contribution in [-0.4, -0.2) is 260 Å². The topological polar surface area (TPSA) is 469 Å². The van der Waals surface area contributed by atoms with E-state index in [9.17, 15) is 53.1 Å². The molecule has 12 heterocycles. The standard InChI is InChI=1S/C12H18N4O4.C11H16FN5O4.C11H16FN5O3.C11H13FN4O4/c1-6-8(18)12(2,3-17)20-11(6)16-5-15-7-9(16)13-4-14-10(7)19;1-4-6(19)11(12,2-18)21-9(4)17-3-14-5-7(17)15-10(13)16-8(5)20;1-5-7(19)11(12,2-18)20-10(5)17-4-16-6-8(13)14-3-15-9(6)17;1-5-7(18)11(12,2-17)20-10(5)16-4-15-6-8(16)13-3-14-9(6)19/h4-9,11,17-18H,3H2,1-2H3,(H,13,14,19);3-7,9,18-19H,2H2,1H3,(H3,13,15,16,20);3-7,9-10,18-19H,2H2,1H3,(H2,13,14,15);3-5,7,10,17-18H,2H2,1H3,(H,13,14,19)/t6-,7?,8-,9?,11+,12+;4-,5?,6-,7?,9+,11+;5-,6?,7-,9?,10+,11+;5-,7-,10+,11+/m0000/s1. The minimum Gasteiger partial charge on any atom is -0.393 e. The highest BCUT2D eigenvalue weighted by Gasteiger charge is 2.60. The van der Waals surface area contributed by atoms with Crippen LogP contribution in [0, 0.1) is 23.7 Å². The van der Waals surface area contributed by atoms with E-state index >= 15 is 0 Å². The first-order valence-corrected chi connectivity index (χ1v) is 25.4. The summed E-state index contributed by atoms with van der Waals surface area (Å²) in [7, 11) is 0. The lowest BCUT2D eigenvalue weighted by Gasteiger charge is -2.33. The Morgan fingerprint density at radius 3 is 1.63 bits per heavy atom. The first-order chi connectivity index (χ1) is 38.3. The van der Waals surface area contributed by atoms with E-state index in [4.69, 9.17) is 45.7 Å². The summed E-state index contributed by atoms with van der Waals surface area (Å²) in [5.74, 6) is -10.0. The number of fused-ring (bicyclic) bond motifs is 4. The van der Waals surface area contributed by atoms with Crippen LogP contribution in [0.1, 0.15) is 40.8 Å². The van der Waals surface area contributed by atoms with Crippen LogP contribution in [0.3, 0.4) is 0 Å². The van der Waals surface area contributed by atoms with Crippen LogP contribution in [0.5, 0.6) is 0 Å². The monoisotopic (exact) mass is 1150 g/mol. The smallest absolute Gasteiger partial charge is 0.278 e. The Kier molecular flexibility index (Phi) is 16.2. The van der Waals surface area contributed by atoms with Crippen LogP contribution in [-0.2, 0) is 28.5 Å². The molecule has 33 nitrogen and oxygen atoms in total. The predicted octanol–water partition coefficient (Wildman–Crippen LogP) is -6.49. The second-order valence-corrected chi connectivity index (χ2v) is 20.9. The molecule has 0 aromatic carbocycles. The molecular weight excluding hydrogens is 1090 g/mol. The zero-order chi connectivity index (χ0) is 58.8. The number of carbonyl (C=O) groups excluding carboxylic acids is 2. The van der Waals surface area contributed by atoms with Crippen molar-refractivity contribution < 1.29 is 82.6 Å². The number of ether oxygens (including phenoxy) is 4. The summed E-state index contributed by atoms with van der Waals surface area (Å²) < 4.78 is 65.3. The molecule has 2 aromatic heterocycles. The van der Waals surface area contributed by atoms with Gasteiger partial charge in [0.15, 0.2) is 47.7 Å². The highest BCUT2D eigenvalue weighted by Crippen LogP contribution is 2.44. The van der Waals surface area contributed by atoms with Gasteiger partial charge in [0, 0.05) is 23.7 Å². The van der Waals surface area contributed by atoms with Crippen molar-refractivity contribution in [2.45, 2.75) is 144 Å². The molecule has 2 aromatic rings. The Morgan fingerprint density at radius 2 is 1.10 bits per heavy atom. The maximum absolute atomic E-state index is 14.2. The van der Waals surface area contributed by atoms with E-state index in [1.54, 1.807) is 37.5 Å². The summed E-state index contributed by atoms with van der Waals surface area (Å²) in [5.41, 5.74) is 10.1. The number of nitrogens with one attached hydrogen (secondary N) is 3. The Hall–Kier alpha value is -6.71. The fraction of sp³-hybridized carbons (Fsp3) is 0.689. The average molecular weight is 1150 g/mol. The minimum atomic E-state index is -2.55. The number of aliphatic imine (C=N–C) groups is 7. The van der Waals surface area contributed by atoms with Crippen LogP contribution >= 0.6 is 0 Å². The first kappa shape index (κ1) is 58.9. The number of H-pyrrole nitrogens is 1. The number of aromatic amines is 1. The number of hydrogen-bond donors (Lipinski definition) is 13. The van der Waals surface area contributed by atoms with Gasteiger partial charge in [-0.15, -0.1) is 0 Å². The number of carbonyl (C=O) groups is 2. The number of hydrogen-bond acceptors (Lipinski definition) is 29. The molecule has 10 aliphatic rings. The number of aromatic nitrogens is 4. The highest BCUT2D eigenvalue weighted by atomic mass is 19.2. The summed E-state index contributed by atoms with van der Waals surface area (Å²) in [6.45, 7) is 5.15. The van der Waals surface area contributed by atoms with Gasteiger partial charge in [-0.1, -0.05) is 27.7 Å². The van der Waals surface area contributed by atoms with E-state index in [0.717, 1.165) is 0 Å². The van der Waals surface area contributed by atoms with Gasteiger partial charge in [-0.2, -0.15) is 0 Å². The zero-order valence-electron chi connectivity index (χ0n) is 43.8. The molecule has 2 amide bonds. The maximum Gasteiger partial charge on any atom is 0.278 e. The molecule has 22 atom stereocenters. The highest BCUT2D eigenvalue weighted by molar-refractivity contribution is 6.02. The number of nitrogens with zero attached hydrogens (tertiary/aromatic N) is 13. The lowest BCUT2D eigenvalue weighted by atomic mass is 9.93. The van der Waals surface area contributed by atoms with Crippen molar-refractivity contribution in [3.8, 4) is 0 Å². The number of alkyl halides is 3. The largest absolute Gasteiger partial charge is 0.393 e. The predicted molar refractivity (Wildman–Crippen MR) is 272 cm³/mol. The fourth-order valence-corrected chi connectivity index (χ4v) is 10.8. The Balaban J connectivity index is 0.000000130. The van der Waals surface area contributed by atoms with Crippen LogP contribution in [0.4, 0.5) is 13.2 Å². The van der Waals surface area contributed by atoms with Crippen LogP contribution in [0.25, 0.3) is 11.2 Å². The quantitative estimate of drug-likeness (QED) is 0.117. The second-order valence-electron chi connectivity index (χ2n) is 20.9. The van der Waals surface area contributed by atoms with Gasteiger partial charge in [0.1, 0.15) is 86.9 Å². The molecule has 4 saturated heterocycles. The van der Waals surface area contributed by atoms with Crippen LogP contribution in [0.15, 0.2) is 52.4 Å². The number of amides is 2. The van der Waals surface area contributed by atoms with E-state index in [2.05, 4.69) is 60.5 Å². The molecule has 81 heavy (non-hydrogen) atoms. The number of imidazole rings is 1. The van der Waals surface area contributed by atoms with Crippen LogP contribution in [0.2, 0.25) is 0 Å². The fourth-order valence-electron chi connectivity index (χ4n) is 10.8. The Morgan fingerprint density at radius 1 is 0.617 bits per heavy atom. The molecule has 0 spiro atoms. The minimum absolute atomic E-state index is 0.0587. The third kappa shape index (κ3) is 10.2. The number of guanidine groups is 1. The van der Waals surface area contributed by atoms with E-state index in [-0.39, 0.29) is 35.6 Å². The molecule has 0 saturated carbocycles. The van der Waals surface area contributed by atoms with E-state index < -0.39 is 158 Å². The first-order valence-electron chi connectivity index (χ1n) is 25.4. The van der Waals surface area contributed by atoms with Gasteiger partial charge in [0.25, 0.3) is 34.9 Å². The van der Waals surface area contributed by atoms with E-state index in [1.165, 1.54) is 53.8 Å². The van der Waals surface area contributed by atoms with Gasteiger partial charge < -0.3 is 96.3 Å². The van der Waals surface area contributed by atoms with Gasteiger partial charge in [-0.25, -0.2) is 43.1 Å². The number of rotatable bonds is 8. The van der Waals surface area contributed by atoms with Crippen molar-refractivity contribution in [1.29, 1.82) is 0 Å². The van der Waals surface area contributed by atoms with E-state index in [1.807, 2.05) is 6.92 Å². The van der Waals surface area contributed by atoms with Crippen molar-refractivity contribution in [1.82, 2.24) is 44.9 Å². The third-order valence-electron chi connectivity index (χ3n) is 15.6. The van der Waals surface area contributed by atoms with Crippen molar-refractivity contribution in [2.75, 3.05) is 26.4 Å². The molecule has 0 bridgehead atoms. The summed E-state index contributed by atoms with van der Waals surface area (Å²) in [6, 6.07) is -1.82. The number of aliphatic hydroxyl groups excluding tert-OH is 8. The van der Waals surface area contributed by atoms with Crippen LogP contribution < -0.4 is 27.7 Å². The van der Waals surface area contributed by atoms with E-state index in [0.29, 0.717) is 5.84 Å². The number of amidine groups is 1. The summed E-state index contributed by atoms with van der Waals surface area (Å²) in [5, 5.41) is 81.3. The number of aliphatic hydroxyl groups is 8. The average Bonchev–Trinajstić information content (AvgIpc) is 3.98. The van der Waals surface area contributed by atoms with Crippen molar-refractivity contribution >= 4 is 66.5 Å². The van der Waals surface area contributed by atoms with Gasteiger partial charge >= 0.3 is 0 Å². The molecule has 4 fully saturated rings. The molecule has 12 rings (SSSR count). The molecule has 444 valence electrons. The SMILES string of the molecule is C[C@@H]1[C@H](N2C=NC3C(=O)NC(N)=NC32)O[C@](F)(CO)[C@H]1O.C[C@@H]1[C@H](N2C=NC3C(=O)NC=NC32)O[C@](C)(CO)[C@H]1O.C[C@@H]1[C@H](N2C=NC3C(N)=NC=NC32)O[C@](F)(CO)[C@H]1O.C[C@@H]1[C@H](n2cnc3c(=O)[nH]cnc32)O[C@](F)(CO)[C@H]1O. The molecule has 6 unspecified atom stereocenters. The maximum atomic E-state index is 14.2. The van der Waals surface area contributed by atoms with Crippen molar-refractivity contribution in [3.63, 3.8) is 0 Å². The summed E-state index contributed by atoms with van der Waals surface area (Å²) >= 11 is 0. The normalized spacial score (nSPS) is 43.2. The number of halogens is 3. The second kappa shape index (κ2) is 22.2. The lowest BCUT2D eigenvalue weighted by molar-refractivity contribution is -0.211. The number of nitrogens with two attached hydrogens (primary N) is 2. The van der Waals surface area contributed by atoms with Gasteiger partial charge in [0.2, 0.25) is 0 Å². The lowest BCUT2D eigenvalue weighted by Crippen LogP contribution is -2.56. The molecule has 0 radical (unpaired) electrons. The Labute approximate surface area is 456 Å². The zero-order valence-corrected chi connectivity index (χ0v) is 43.8. The van der Waals surface area contributed by atoms with Crippen molar-refractivity contribution in [2.24, 2.45) is 70.1 Å². The van der Waals surface area contributed by atoms with Gasteiger partial charge in [-0.3, -0.25) is 39.2 Å². The summed E-state index contributed by atoms with van der Waals surface area (Å²) in [6.07, 6.45) is -0.484. The molecular formula is C45H63F3N18O15. The third-order valence-corrected chi connectivity index (χ3v) is 15.6. The Bertz CT molecular complexity index is 2970. The molecule has 10 aliphatic heterocycles. The van der Waals surface area contributed by atoms with Gasteiger partial charge in [0.05, 0.1) is 50.7 Å². The summed E-state index contributed by atoms with van der Waals surface area (Å²) in [4.78, 5) is 78.7. The van der Waals surface area contributed by atoms with Gasteiger partial charge in [-0.05, 0) is 6.92 Å². The molecule has 36 heteroatoms. The van der Waals surface area contributed by atoms with Crippen molar-refractivity contribution in [3.05, 3.63) is 23.0 Å². The molecule has 15 N–H and O–H groups in total.